The molecule has 0 radical (unpaired) electrons. The van der Waals surface area contributed by atoms with E-state index in [0.717, 1.165) is 38.2 Å². The van der Waals surface area contributed by atoms with E-state index in [1.54, 1.807) is 17.7 Å². The van der Waals surface area contributed by atoms with E-state index >= 15 is 0 Å². The molecule has 0 aliphatic heterocycles. The number of aryl methyl sites for hydroxylation is 1. The van der Waals surface area contributed by atoms with E-state index in [9.17, 15) is 0 Å². The maximum atomic E-state index is 4.42. The van der Waals surface area contributed by atoms with Crippen LogP contribution < -0.4 is 5.43 Å². The number of para-hydroxylation sites is 1. The average molecular weight is 349 g/mol. The molecule has 1 aromatic carbocycles. The zero-order chi connectivity index (χ0) is 17.4. The van der Waals surface area contributed by atoms with E-state index in [1.165, 1.54) is 4.88 Å². The Hall–Kier alpha value is -2.73. The van der Waals surface area contributed by atoms with Crippen molar-refractivity contribution < 1.29 is 0 Å². The zero-order valence-corrected chi connectivity index (χ0v) is 15.2. The number of anilines is 1. The van der Waals surface area contributed by atoms with E-state index in [4.69, 9.17) is 0 Å². The average Bonchev–Trinajstić information content (AvgIpc) is 3.17. The highest BCUT2D eigenvalue weighted by molar-refractivity contribution is 7.18. The molecule has 0 atom stereocenters. The molecule has 0 saturated heterocycles. The summed E-state index contributed by atoms with van der Waals surface area (Å²) in [5.74, 6) is 1.21. The van der Waals surface area contributed by atoms with Crippen LogP contribution in [0.25, 0.3) is 21.1 Å². The number of rotatable bonds is 4. The number of nitrogens with one attached hydrogen (secondary N) is 2. The summed E-state index contributed by atoms with van der Waals surface area (Å²) in [6.07, 6.45) is 3.43. The SMILES string of the molecule is Cc1[nH]c2ccccc2c1C=NNc1ncnc2sc(C(C)C)cc12. The lowest BCUT2D eigenvalue weighted by atomic mass is 10.1. The van der Waals surface area contributed by atoms with Crippen molar-refractivity contribution in [2.45, 2.75) is 26.7 Å². The second kappa shape index (κ2) is 6.29. The third-order valence-corrected chi connectivity index (χ3v) is 5.57. The number of thiophene rings is 1. The van der Waals surface area contributed by atoms with Gasteiger partial charge in [-0.15, -0.1) is 11.3 Å². The monoisotopic (exact) mass is 349 g/mol. The largest absolute Gasteiger partial charge is 0.358 e. The molecule has 4 rings (SSSR count). The number of hydrogen-bond donors (Lipinski definition) is 2. The Morgan fingerprint density at radius 1 is 1.20 bits per heavy atom. The van der Waals surface area contributed by atoms with Crippen molar-refractivity contribution in [2.75, 3.05) is 5.43 Å². The maximum absolute atomic E-state index is 4.42. The number of hydrazone groups is 1. The number of aromatic nitrogens is 3. The first kappa shape index (κ1) is 15.8. The van der Waals surface area contributed by atoms with Gasteiger partial charge in [-0.3, -0.25) is 5.43 Å². The molecule has 3 aromatic heterocycles. The first-order valence-corrected chi connectivity index (χ1v) is 9.06. The van der Waals surface area contributed by atoms with Crippen LogP contribution in [0.3, 0.4) is 0 Å². The lowest BCUT2D eigenvalue weighted by Gasteiger charge is -2.00. The van der Waals surface area contributed by atoms with Crippen molar-refractivity contribution >= 4 is 44.5 Å². The Labute approximate surface area is 149 Å². The number of nitrogens with zero attached hydrogens (tertiary/aromatic N) is 3. The Bertz CT molecular complexity index is 1070. The summed E-state index contributed by atoms with van der Waals surface area (Å²) in [5.41, 5.74) is 6.38. The fourth-order valence-electron chi connectivity index (χ4n) is 2.87. The molecule has 0 bridgehead atoms. The van der Waals surface area contributed by atoms with Crippen LogP contribution >= 0.6 is 11.3 Å². The van der Waals surface area contributed by atoms with Crippen LogP contribution in [0.1, 0.15) is 35.9 Å². The molecule has 0 saturated carbocycles. The van der Waals surface area contributed by atoms with E-state index in [2.05, 4.69) is 64.4 Å². The molecule has 4 aromatic rings. The van der Waals surface area contributed by atoms with Gasteiger partial charge in [-0.1, -0.05) is 32.0 Å². The van der Waals surface area contributed by atoms with Gasteiger partial charge in [-0.05, 0) is 25.0 Å². The van der Waals surface area contributed by atoms with Gasteiger partial charge in [0.25, 0.3) is 0 Å². The molecule has 0 aliphatic rings. The van der Waals surface area contributed by atoms with Gasteiger partial charge >= 0.3 is 0 Å². The predicted octanol–water partition coefficient (Wildman–Crippen LogP) is 5.05. The summed E-state index contributed by atoms with van der Waals surface area (Å²) in [6, 6.07) is 10.4. The molecule has 0 spiro atoms. The molecule has 25 heavy (non-hydrogen) atoms. The van der Waals surface area contributed by atoms with Crippen LogP contribution in [0, 0.1) is 6.92 Å². The van der Waals surface area contributed by atoms with Crippen LogP contribution in [-0.2, 0) is 0 Å². The number of fused-ring (bicyclic) bond motifs is 2. The fourth-order valence-corrected chi connectivity index (χ4v) is 3.87. The topological polar surface area (TPSA) is 66.0 Å². The number of benzene rings is 1. The van der Waals surface area contributed by atoms with Crippen LogP contribution in [0.15, 0.2) is 41.8 Å². The van der Waals surface area contributed by atoms with Gasteiger partial charge in [0.05, 0.1) is 11.6 Å². The summed E-state index contributed by atoms with van der Waals surface area (Å²) >= 11 is 1.71. The number of hydrogen-bond acceptors (Lipinski definition) is 5. The highest BCUT2D eigenvalue weighted by atomic mass is 32.1. The van der Waals surface area contributed by atoms with Gasteiger partial charge in [0.15, 0.2) is 5.82 Å². The van der Waals surface area contributed by atoms with E-state index < -0.39 is 0 Å². The van der Waals surface area contributed by atoms with Crippen molar-refractivity contribution in [3.05, 3.63) is 52.8 Å². The Morgan fingerprint density at radius 2 is 2.04 bits per heavy atom. The minimum absolute atomic E-state index is 0.476. The third-order valence-electron chi connectivity index (χ3n) is 4.23. The van der Waals surface area contributed by atoms with Gasteiger partial charge in [0, 0.05) is 27.0 Å². The van der Waals surface area contributed by atoms with Crippen molar-refractivity contribution in [2.24, 2.45) is 5.10 Å². The summed E-state index contributed by atoms with van der Waals surface area (Å²) in [4.78, 5) is 14.4. The van der Waals surface area contributed by atoms with Crippen molar-refractivity contribution in [3.63, 3.8) is 0 Å². The number of aromatic amines is 1. The summed E-state index contributed by atoms with van der Waals surface area (Å²) in [7, 11) is 0. The van der Waals surface area contributed by atoms with Gasteiger partial charge in [0.2, 0.25) is 0 Å². The fraction of sp³-hybridized carbons (Fsp3) is 0.211. The molecular formula is C19H19N5S. The number of H-pyrrole nitrogens is 1. The van der Waals surface area contributed by atoms with Crippen molar-refractivity contribution in [3.8, 4) is 0 Å². The second-order valence-electron chi connectivity index (χ2n) is 6.32. The minimum atomic E-state index is 0.476. The lowest BCUT2D eigenvalue weighted by Crippen LogP contribution is -1.95. The van der Waals surface area contributed by atoms with E-state index in [-0.39, 0.29) is 0 Å². The Balaban J connectivity index is 1.65. The molecule has 6 heteroatoms. The van der Waals surface area contributed by atoms with Crippen LogP contribution in [0.2, 0.25) is 0 Å². The van der Waals surface area contributed by atoms with Crippen LogP contribution in [0.5, 0.6) is 0 Å². The van der Waals surface area contributed by atoms with Gasteiger partial charge in [-0.25, -0.2) is 9.97 Å². The summed E-state index contributed by atoms with van der Waals surface area (Å²) in [5, 5.41) is 6.60. The zero-order valence-electron chi connectivity index (χ0n) is 14.4. The summed E-state index contributed by atoms with van der Waals surface area (Å²) < 4.78 is 0. The molecule has 3 heterocycles. The van der Waals surface area contributed by atoms with E-state index in [0.29, 0.717) is 5.92 Å². The standard InChI is InChI=1S/C19H19N5S/c1-11(2)17-8-14-18(20-10-21-19(14)25-17)24-22-9-15-12(3)23-16-7-5-4-6-13(15)16/h4-11,23H,1-3H3,(H,20,21,24). The first-order chi connectivity index (χ1) is 12.1. The molecule has 0 amide bonds. The highest BCUT2D eigenvalue weighted by Gasteiger charge is 2.10. The molecule has 2 N–H and O–H groups in total. The minimum Gasteiger partial charge on any atom is -0.358 e. The molecule has 0 unspecified atom stereocenters. The van der Waals surface area contributed by atoms with Gasteiger partial charge in [-0.2, -0.15) is 5.10 Å². The molecular weight excluding hydrogens is 330 g/mol. The van der Waals surface area contributed by atoms with Crippen molar-refractivity contribution in [1.29, 1.82) is 0 Å². The molecule has 126 valence electrons. The summed E-state index contributed by atoms with van der Waals surface area (Å²) in [6.45, 7) is 6.42. The molecule has 0 aliphatic carbocycles. The third kappa shape index (κ3) is 2.89. The normalized spacial score (nSPS) is 12.0. The Morgan fingerprint density at radius 3 is 2.88 bits per heavy atom. The lowest BCUT2D eigenvalue weighted by molar-refractivity contribution is 0.890. The van der Waals surface area contributed by atoms with Gasteiger partial charge in [0.1, 0.15) is 11.2 Å². The van der Waals surface area contributed by atoms with Gasteiger partial charge < -0.3 is 4.98 Å². The predicted molar refractivity (Wildman–Crippen MR) is 106 cm³/mol. The molecule has 0 fully saturated rings. The second-order valence-corrected chi connectivity index (χ2v) is 7.39. The highest BCUT2D eigenvalue weighted by Crippen LogP contribution is 2.32. The molecule has 5 nitrogen and oxygen atoms in total. The first-order valence-electron chi connectivity index (χ1n) is 8.24. The van der Waals surface area contributed by atoms with Crippen LogP contribution in [-0.4, -0.2) is 21.2 Å². The van der Waals surface area contributed by atoms with Crippen molar-refractivity contribution in [1.82, 2.24) is 15.0 Å². The smallest absolute Gasteiger partial charge is 0.158 e. The van der Waals surface area contributed by atoms with E-state index in [1.807, 2.05) is 18.3 Å². The van der Waals surface area contributed by atoms with Crippen LogP contribution in [0.4, 0.5) is 5.82 Å². The quantitative estimate of drug-likeness (QED) is 0.400. The Kier molecular flexibility index (Phi) is 3.97. The maximum Gasteiger partial charge on any atom is 0.158 e.